The monoisotopic (exact) mass is 324 g/mol. The number of hydrogen-bond donors (Lipinski definition) is 1. The number of aryl methyl sites for hydroxylation is 1. The maximum atomic E-state index is 13.8. The Morgan fingerprint density at radius 3 is 2.63 bits per heavy atom. The van der Waals surface area contributed by atoms with Crippen molar-refractivity contribution in [2.75, 3.05) is 0 Å². The van der Waals surface area contributed by atoms with Crippen molar-refractivity contribution in [2.24, 2.45) is 0 Å². The largest absolute Gasteiger partial charge is 0.454 e. The second-order valence-corrected chi connectivity index (χ2v) is 5.20. The van der Waals surface area contributed by atoms with Gasteiger partial charge in [0.15, 0.2) is 11.6 Å². The fourth-order valence-corrected chi connectivity index (χ4v) is 2.43. The second kappa shape index (κ2) is 5.72. The van der Waals surface area contributed by atoms with Gasteiger partial charge in [-0.2, -0.15) is 0 Å². The van der Waals surface area contributed by atoms with E-state index in [0.717, 1.165) is 10.0 Å². The van der Waals surface area contributed by atoms with Gasteiger partial charge in [0, 0.05) is 4.47 Å². The summed E-state index contributed by atoms with van der Waals surface area (Å²) in [5.74, 6) is 0.343. The van der Waals surface area contributed by atoms with E-state index < -0.39 is 6.10 Å². The lowest BCUT2D eigenvalue weighted by molar-refractivity contribution is 0.198. The van der Waals surface area contributed by atoms with E-state index in [0.29, 0.717) is 11.3 Å². The van der Waals surface area contributed by atoms with Crippen molar-refractivity contribution < 1.29 is 14.2 Å². The summed E-state index contributed by atoms with van der Waals surface area (Å²) in [4.78, 5) is 0. The molecule has 1 atom stereocenters. The molecule has 0 aliphatic heterocycles. The molecule has 0 saturated carbocycles. The third-order valence-corrected chi connectivity index (χ3v) is 3.49. The van der Waals surface area contributed by atoms with E-state index in [1.807, 2.05) is 0 Å². The Hall–Kier alpha value is -1.39. The van der Waals surface area contributed by atoms with Gasteiger partial charge in [-0.1, -0.05) is 34.1 Å². The molecular weight excluding hydrogens is 311 g/mol. The molecule has 0 radical (unpaired) electrons. The zero-order chi connectivity index (χ0) is 14.0. The first-order valence-corrected chi connectivity index (χ1v) is 6.69. The SMILES string of the molecule is Cc1cccc(Oc2ccc([C@@H](C)O)c(Br)c2)c1F. The van der Waals surface area contributed by atoms with Gasteiger partial charge >= 0.3 is 0 Å². The summed E-state index contributed by atoms with van der Waals surface area (Å²) in [7, 11) is 0. The predicted molar refractivity (Wildman–Crippen MR) is 76.0 cm³/mol. The highest BCUT2D eigenvalue weighted by Gasteiger charge is 2.10. The summed E-state index contributed by atoms with van der Waals surface area (Å²) in [6.45, 7) is 3.37. The number of ether oxygens (including phenoxy) is 1. The van der Waals surface area contributed by atoms with Crippen LogP contribution in [0.5, 0.6) is 11.5 Å². The number of aliphatic hydroxyl groups excluding tert-OH is 1. The Labute approximate surface area is 120 Å². The van der Waals surface area contributed by atoms with Gasteiger partial charge in [0.05, 0.1) is 6.10 Å². The number of rotatable bonds is 3. The van der Waals surface area contributed by atoms with Gasteiger partial charge in [-0.25, -0.2) is 4.39 Å². The van der Waals surface area contributed by atoms with Gasteiger partial charge in [-0.05, 0) is 43.2 Å². The number of halogens is 2. The molecule has 0 aromatic heterocycles. The lowest BCUT2D eigenvalue weighted by Gasteiger charge is -2.11. The normalized spacial score (nSPS) is 12.3. The summed E-state index contributed by atoms with van der Waals surface area (Å²) >= 11 is 3.36. The molecular formula is C15H14BrFO2. The summed E-state index contributed by atoms with van der Waals surface area (Å²) in [6, 6.07) is 10.2. The first-order chi connectivity index (χ1) is 8.99. The van der Waals surface area contributed by atoms with E-state index in [1.165, 1.54) is 0 Å². The third kappa shape index (κ3) is 3.14. The van der Waals surface area contributed by atoms with Crippen LogP contribution in [0.15, 0.2) is 40.9 Å². The second-order valence-electron chi connectivity index (χ2n) is 4.35. The van der Waals surface area contributed by atoms with Crippen molar-refractivity contribution in [3.63, 3.8) is 0 Å². The maximum Gasteiger partial charge on any atom is 0.168 e. The lowest BCUT2D eigenvalue weighted by atomic mass is 10.1. The van der Waals surface area contributed by atoms with Crippen LogP contribution in [0, 0.1) is 12.7 Å². The number of hydrogen-bond acceptors (Lipinski definition) is 2. The minimum absolute atomic E-state index is 0.191. The molecule has 100 valence electrons. The molecule has 0 unspecified atom stereocenters. The average Bonchev–Trinajstić information content (AvgIpc) is 2.34. The molecule has 0 aliphatic rings. The van der Waals surface area contributed by atoms with E-state index in [4.69, 9.17) is 4.74 Å². The van der Waals surface area contributed by atoms with E-state index in [1.54, 1.807) is 50.2 Å². The molecule has 4 heteroatoms. The highest BCUT2D eigenvalue weighted by molar-refractivity contribution is 9.10. The molecule has 2 aromatic carbocycles. The number of benzene rings is 2. The molecule has 0 heterocycles. The zero-order valence-electron chi connectivity index (χ0n) is 10.7. The summed E-state index contributed by atoms with van der Waals surface area (Å²) in [5, 5.41) is 9.53. The molecule has 0 amide bonds. The van der Waals surface area contributed by atoms with Crippen molar-refractivity contribution in [1.82, 2.24) is 0 Å². The maximum absolute atomic E-state index is 13.8. The van der Waals surface area contributed by atoms with Crippen LogP contribution in [0.3, 0.4) is 0 Å². The van der Waals surface area contributed by atoms with Gasteiger partial charge in [0.25, 0.3) is 0 Å². The van der Waals surface area contributed by atoms with E-state index >= 15 is 0 Å². The molecule has 2 aromatic rings. The summed E-state index contributed by atoms with van der Waals surface area (Å²) < 4.78 is 20.1. The molecule has 0 bridgehead atoms. The van der Waals surface area contributed by atoms with E-state index in [9.17, 15) is 9.50 Å². The van der Waals surface area contributed by atoms with Crippen LogP contribution in [0.4, 0.5) is 4.39 Å². The van der Waals surface area contributed by atoms with Crippen molar-refractivity contribution >= 4 is 15.9 Å². The quantitative estimate of drug-likeness (QED) is 0.883. The molecule has 0 saturated heterocycles. The van der Waals surface area contributed by atoms with E-state index in [-0.39, 0.29) is 11.6 Å². The molecule has 0 aliphatic carbocycles. The fraction of sp³-hybridized carbons (Fsp3) is 0.200. The predicted octanol–water partition coefficient (Wildman–Crippen LogP) is 4.74. The highest BCUT2D eigenvalue weighted by Crippen LogP contribution is 2.31. The van der Waals surface area contributed by atoms with Gasteiger partial charge in [-0.3, -0.25) is 0 Å². The fourth-order valence-electron chi connectivity index (χ4n) is 1.74. The molecule has 19 heavy (non-hydrogen) atoms. The standard InChI is InChI=1S/C15H14BrFO2/c1-9-4-3-5-14(15(9)17)19-11-6-7-12(10(2)18)13(16)8-11/h3-8,10,18H,1-2H3/t10-/m1/s1. The van der Waals surface area contributed by atoms with Crippen LogP contribution < -0.4 is 4.74 Å². The molecule has 1 N–H and O–H groups in total. The van der Waals surface area contributed by atoms with Gasteiger partial charge in [0.1, 0.15) is 5.75 Å². The number of aliphatic hydroxyl groups is 1. The minimum atomic E-state index is -0.570. The Bertz CT molecular complexity index is 597. The first-order valence-electron chi connectivity index (χ1n) is 5.89. The summed E-state index contributed by atoms with van der Waals surface area (Å²) in [6.07, 6.45) is -0.570. The molecule has 0 spiro atoms. The average molecular weight is 325 g/mol. The van der Waals surface area contributed by atoms with Gasteiger partial charge < -0.3 is 9.84 Å². The van der Waals surface area contributed by atoms with Crippen molar-refractivity contribution in [3.8, 4) is 11.5 Å². The lowest BCUT2D eigenvalue weighted by Crippen LogP contribution is -1.94. The Kier molecular flexibility index (Phi) is 4.22. The van der Waals surface area contributed by atoms with Crippen molar-refractivity contribution in [1.29, 1.82) is 0 Å². The van der Waals surface area contributed by atoms with Crippen LogP contribution >= 0.6 is 15.9 Å². The smallest absolute Gasteiger partial charge is 0.168 e. The summed E-state index contributed by atoms with van der Waals surface area (Å²) in [5.41, 5.74) is 1.30. The topological polar surface area (TPSA) is 29.5 Å². The van der Waals surface area contributed by atoms with Gasteiger partial charge in [-0.15, -0.1) is 0 Å². The van der Waals surface area contributed by atoms with Crippen LogP contribution in [0.25, 0.3) is 0 Å². The Morgan fingerprint density at radius 1 is 1.26 bits per heavy atom. The van der Waals surface area contributed by atoms with Crippen LogP contribution in [0.2, 0.25) is 0 Å². The first kappa shape index (κ1) is 14.0. The highest BCUT2D eigenvalue weighted by atomic mass is 79.9. The van der Waals surface area contributed by atoms with Crippen LogP contribution in [-0.4, -0.2) is 5.11 Å². The molecule has 2 nitrogen and oxygen atoms in total. The van der Waals surface area contributed by atoms with Gasteiger partial charge in [0.2, 0.25) is 0 Å². The molecule has 2 rings (SSSR count). The third-order valence-electron chi connectivity index (χ3n) is 2.81. The van der Waals surface area contributed by atoms with Crippen molar-refractivity contribution in [2.45, 2.75) is 20.0 Å². The van der Waals surface area contributed by atoms with Crippen LogP contribution in [0.1, 0.15) is 24.2 Å². The Morgan fingerprint density at radius 2 is 2.00 bits per heavy atom. The zero-order valence-corrected chi connectivity index (χ0v) is 12.2. The van der Waals surface area contributed by atoms with Crippen LogP contribution in [-0.2, 0) is 0 Å². The van der Waals surface area contributed by atoms with Crippen molar-refractivity contribution in [3.05, 3.63) is 57.8 Å². The Balaban J connectivity index is 2.29. The van der Waals surface area contributed by atoms with E-state index in [2.05, 4.69) is 15.9 Å². The molecule has 0 fully saturated rings. The minimum Gasteiger partial charge on any atom is -0.454 e.